The summed E-state index contributed by atoms with van der Waals surface area (Å²) in [4.78, 5) is 12.6. The molecule has 23 heavy (non-hydrogen) atoms. The third kappa shape index (κ3) is 1.65. The lowest BCUT2D eigenvalue weighted by molar-refractivity contribution is -0.151. The number of hydrogen-bond acceptors (Lipinski definition) is 2. The minimum atomic E-state index is -0.270. The molecule has 0 unspecified atom stereocenters. The molecule has 2 nitrogen and oxygen atoms in total. The molecule has 0 amide bonds. The van der Waals surface area contributed by atoms with Gasteiger partial charge in [-0.1, -0.05) is 60.7 Å². The molecule has 2 aromatic rings. The van der Waals surface area contributed by atoms with Crippen molar-refractivity contribution in [3.8, 4) is 0 Å². The fourth-order valence-corrected chi connectivity index (χ4v) is 5.16. The van der Waals surface area contributed by atoms with E-state index in [1.807, 2.05) is 6.07 Å². The van der Waals surface area contributed by atoms with E-state index < -0.39 is 0 Å². The van der Waals surface area contributed by atoms with Gasteiger partial charge in [0.25, 0.3) is 0 Å². The number of Topliss-reactive ketones (excluding diaryl/α,β-unsaturated/α-hetero) is 1. The zero-order valence-electron chi connectivity index (χ0n) is 13.1. The van der Waals surface area contributed by atoms with Gasteiger partial charge in [-0.25, -0.2) is 0 Å². The van der Waals surface area contributed by atoms with Crippen LogP contribution in [0.5, 0.6) is 0 Å². The van der Waals surface area contributed by atoms with Crippen LogP contribution in [-0.2, 0) is 15.1 Å². The predicted octanol–water partition coefficient (Wildman–Crippen LogP) is 4.21. The van der Waals surface area contributed by atoms with E-state index in [9.17, 15) is 4.79 Å². The van der Waals surface area contributed by atoms with Gasteiger partial charge in [-0.15, -0.1) is 0 Å². The van der Waals surface area contributed by atoms with Gasteiger partial charge < -0.3 is 4.74 Å². The molecule has 5 rings (SSSR count). The van der Waals surface area contributed by atoms with E-state index in [4.69, 9.17) is 4.74 Å². The summed E-state index contributed by atoms with van der Waals surface area (Å²) in [6.45, 7) is 0. The van der Waals surface area contributed by atoms with Crippen molar-refractivity contribution in [3.05, 3.63) is 71.8 Å². The molecule has 1 aliphatic carbocycles. The molecule has 2 bridgehead atoms. The molecule has 0 aromatic heterocycles. The standard InChI is InChI=1S/C21H20O2/c22-17-11-12-21(16-9-5-2-6-10-16)20(13-14-20)18(19(17)23-21)15-7-3-1-4-8-15/h1-10,18-19H,11-14H2/t18-,19-,21-/m0/s1. The van der Waals surface area contributed by atoms with Crippen LogP contribution in [0.1, 0.15) is 42.7 Å². The van der Waals surface area contributed by atoms with Gasteiger partial charge in [0, 0.05) is 17.8 Å². The quantitative estimate of drug-likeness (QED) is 0.831. The van der Waals surface area contributed by atoms with Crippen molar-refractivity contribution in [1.29, 1.82) is 0 Å². The number of hydrogen-bond donors (Lipinski definition) is 0. The first-order valence-corrected chi connectivity index (χ1v) is 8.58. The van der Waals surface area contributed by atoms with E-state index in [1.54, 1.807) is 0 Å². The Balaban J connectivity index is 1.69. The molecule has 2 aromatic carbocycles. The van der Waals surface area contributed by atoms with Gasteiger partial charge in [0.2, 0.25) is 0 Å². The molecule has 1 spiro atoms. The summed E-state index contributed by atoms with van der Waals surface area (Å²) in [6.07, 6.45) is 3.52. The summed E-state index contributed by atoms with van der Waals surface area (Å²) < 4.78 is 6.58. The van der Waals surface area contributed by atoms with Crippen LogP contribution in [0.3, 0.4) is 0 Å². The highest BCUT2D eigenvalue weighted by Gasteiger charge is 2.74. The van der Waals surface area contributed by atoms with Crippen molar-refractivity contribution in [1.82, 2.24) is 0 Å². The molecule has 2 heterocycles. The molecule has 116 valence electrons. The van der Waals surface area contributed by atoms with Crippen molar-refractivity contribution in [2.24, 2.45) is 5.41 Å². The van der Waals surface area contributed by atoms with Crippen molar-refractivity contribution in [2.75, 3.05) is 0 Å². The zero-order valence-corrected chi connectivity index (χ0v) is 13.1. The van der Waals surface area contributed by atoms with E-state index in [0.29, 0.717) is 6.42 Å². The van der Waals surface area contributed by atoms with E-state index >= 15 is 0 Å². The number of carbonyl (C=O) groups is 1. The molecule has 1 saturated carbocycles. The first-order valence-electron chi connectivity index (χ1n) is 8.58. The number of fused-ring (bicyclic) bond motifs is 3. The van der Waals surface area contributed by atoms with Gasteiger partial charge >= 0.3 is 0 Å². The summed E-state index contributed by atoms with van der Waals surface area (Å²) >= 11 is 0. The van der Waals surface area contributed by atoms with Crippen molar-refractivity contribution in [3.63, 3.8) is 0 Å². The lowest BCUT2D eigenvalue weighted by atomic mass is 9.70. The minimum Gasteiger partial charge on any atom is -0.358 e. The highest BCUT2D eigenvalue weighted by atomic mass is 16.5. The monoisotopic (exact) mass is 304 g/mol. The van der Waals surface area contributed by atoms with Gasteiger partial charge in [-0.05, 0) is 30.4 Å². The molecule has 2 aliphatic heterocycles. The number of ketones is 1. The SMILES string of the molecule is O=C1CC[C@@]2(c3ccccc3)O[C@@H]1[C@H](c1ccccc1)C21CC1. The number of carbonyl (C=O) groups excluding carboxylic acids is 1. The van der Waals surface area contributed by atoms with Gasteiger partial charge in [0.05, 0.1) is 0 Å². The molecular formula is C21H20O2. The number of ether oxygens (including phenoxy) is 1. The first kappa shape index (κ1) is 13.5. The molecule has 2 heteroatoms. The largest absolute Gasteiger partial charge is 0.358 e. The van der Waals surface area contributed by atoms with Gasteiger partial charge in [0.15, 0.2) is 5.78 Å². The lowest BCUT2D eigenvalue weighted by Crippen LogP contribution is -2.39. The highest BCUT2D eigenvalue weighted by molar-refractivity contribution is 5.86. The van der Waals surface area contributed by atoms with Gasteiger partial charge in [0.1, 0.15) is 11.7 Å². The van der Waals surface area contributed by atoms with Gasteiger partial charge in [-0.3, -0.25) is 4.79 Å². The third-order valence-corrected chi connectivity index (χ3v) is 6.26. The van der Waals surface area contributed by atoms with Crippen LogP contribution in [0.4, 0.5) is 0 Å². The second kappa shape index (κ2) is 4.55. The molecular weight excluding hydrogens is 284 g/mol. The topological polar surface area (TPSA) is 26.3 Å². The van der Waals surface area contributed by atoms with Crippen LogP contribution >= 0.6 is 0 Å². The maximum absolute atomic E-state index is 12.6. The van der Waals surface area contributed by atoms with Crippen molar-refractivity contribution < 1.29 is 9.53 Å². The Bertz CT molecular complexity index is 748. The highest BCUT2D eigenvalue weighted by Crippen LogP contribution is 2.75. The second-order valence-corrected chi connectivity index (χ2v) is 7.24. The Morgan fingerprint density at radius 1 is 0.870 bits per heavy atom. The summed E-state index contributed by atoms with van der Waals surface area (Å²) in [5.74, 6) is 0.494. The van der Waals surface area contributed by atoms with Crippen molar-refractivity contribution >= 4 is 5.78 Å². The van der Waals surface area contributed by atoms with E-state index in [2.05, 4.69) is 54.6 Å². The van der Waals surface area contributed by atoms with Crippen LogP contribution in [0.25, 0.3) is 0 Å². The van der Waals surface area contributed by atoms with Crippen molar-refractivity contribution in [2.45, 2.75) is 43.3 Å². The summed E-state index contributed by atoms with van der Waals surface area (Å²) in [7, 11) is 0. The van der Waals surface area contributed by atoms with E-state index in [0.717, 1.165) is 19.3 Å². The molecule has 3 fully saturated rings. The predicted molar refractivity (Wildman–Crippen MR) is 88.1 cm³/mol. The Hall–Kier alpha value is -1.93. The van der Waals surface area contributed by atoms with Crippen LogP contribution < -0.4 is 0 Å². The van der Waals surface area contributed by atoms with Crippen LogP contribution in [-0.4, -0.2) is 11.9 Å². The normalized spacial score (nSPS) is 33.8. The first-order chi connectivity index (χ1) is 11.3. The lowest BCUT2D eigenvalue weighted by Gasteiger charge is -2.38. The Morgan fingerprint density at radius 2 is 1.52 bits per heavy atom. The minimum absolute atomic E-state index is 0.104. The van der Waals surface area contributed by atoms with Crippen LogP contribution in [0.15, 0.2) is 60.7 Å². The van der Waals surface area contributed by atoms with Crippen LogP contribution in [0, 0.1) is 5.41 Å². The van der Waals surface area contributed by atoms with Crippen LogP contribution in [0.2, 0.25) is 0 Å². The summed E-state index contributed by atoms with van der Waals surface area (Å²) in [5.41, 5.74) is 2.36. The maximum atomic E-state index is 12.6. The Morgan fingerprint density at radius 3 is 2.17 bits per heavy atom. The van der Waals surface area contributed by atoms with Gasteiger partial charge in [-0.2, -0.15) is 0 Å². The Kier molecular flexibility index (Phi) is 2.67. The molecule has 3 atom stereocenters. The molecule has 0 N–H and O–H groups in total. The smallest absolute Gasteiger partial charge is 0.162 e. The summed E-state index contributed by atoms with van der Waals surface area (Å²) in [5, 5.41) is 0. The zero-order chi connectivity index (χ0) is 15.5. The Labute approximate surface area is 136 Å². The number of benzene rings is 2. The average molecular weight is 304 g/mol. The fraction of sp³-hybridized carbons (Fsp3) is 0.381. The molecule has 2 saturated heterocycles. The summed E-state index contributed by atoms with van der Waals surface area (Å²) in [6, 6.07) is 21.1. The van der Waals surface area contributed by atoms with E-state index in [-0.39, 0.29) is 28.8 Å². The second-order valence-electron chi connectivity index (χ2n) is 7.24. The molecule has 3 aliphatic rings. The molecule has 0 radical (unpaired) electrons. The average Bonchev–Trinajstić information content (AvgIpc) is 3.36. The fourth-order valence-electron chi connectivity index (χ4n) is 5.16. The third-order valence-electron chi connectivity index (χ3n) is 6.26. The number of rotatable bonds is 2. The maximum Gasteiger partial charge on any atom is 0.162 e. The van der Waals surface area contributed by atoms with E-state index in [1.165, 1.54) is 11.1 Å².